The van der Waals surface area contributed by atoms with E-state index in [0.29, 0.717) is 6.54 Å². The lowest BCUT2D eigenvalue weighted by atomic mass is 10.5. The topological polar surface area (TPSA) is 55.1 Å². The van der Waals surface area contributed by atoms with Gasteiger partial charge in [-0.1, -0.05) is 6.08 Å². The van der Waals surface area contributed by atoms with E-state index in [4.69, 9.17) is 5.73 Å². The van der Waals surface area contributed by atoms with Crippen molar-refractivity contribution in [3.8, 4) is 0 Å². The first-order valence-electron chi connectivity index (χ1n) is 2.39. The Kier molecular flexibility index (Phi) is 3.88. The lowest BCUT2D eigenvalue weighted by molar-refractivity contribution is -0.116. The molecular formula is C5H10N2O. The number of hydrogen-bond donors (Lipinski definition) is 2. The first kappa shape index (κ1) is 7.17. The molecule has 0 saturated heterocycles. The van der Waals surface area contributed by atoms with Gasteiger partial charge in [-0.3, -0.25) is 4.79 Å². The number of nitrogens with one attached hydrogen (secondary N) is 1. The predicted molar refractivity (Wildman–Crippen MR) is 32.3 cm³/mol. The molecule has 0 atom stereocenters. The molecule has 0 spiro atoms. The van der Waals surface area contributed by atoms with Gasteiger partial charge >= 0.3 is 0 Å². The molecule has 46 valence electrons. The number of hydrogen-bond acceptors (Lipinski definition) is 2. The van der Waals surface area contributed by atoms with E-state index in [-0.39, 0.29) is 5.91 Å². The Morgan fingerprint density at radius 2 is 2.50 bits per heavy atom. The van der Waals surface area contributed by atoms with E-state index in [1.54, 1.807) is 13.1 Å². The second-order valence-corrected chi connectivity index (χ2v) is 1.25. The van der Waals surface area contributed by atoms with Crippen LogP contribution in [0.4, 0.5) is 0 Å². The largest absolute Gasteiger partial charge is 0.356 e. The van der Waals surface area contributed by atoms with Crippen LogP contribution in [0.5, 0.6) is 0 Å². The highest BCUT2D eigenvalue weighted by Gasteiger charge is 1.82. The van der Waals surface area contributed by atoms with Crippen LogP contribution < -0.4 is 11.1 Å². The summed E-state index contributed by atoms with van der Waals surface area (Å²) in [6, 6.07) is 0. The fourth-order valence-corrected chi connectivity index (χ4v) is 0.258. The summed E-state index contributed by atoms with van der Waals surface area (Å²) in [5.74, 6) is -0.115. The second-order valence-electron chi connectivity index (χ2n) is 1.25. The normalized spacial score (nSPS) is 9.75. The van der Waals surface area contributed by atoms with Gasteiger partial charge in [0.2, 0.25) is 5.91 Å². The van der Waals surface area contributed by atoms with Crippen LogP contribution in [-0.4, -0.2) is 19.5 Å². The summed E-state index contributed by atoms with van der Waals surface area (Å²) in [4.78, 5) is 10.3. The van der Waals surface area contributed by atoms with Crippen molar-refractivity contribution in [2.45, 2.75) is 0 Å². The quantitative estimate of drug-likeness (QED) is 0.464. The molecule has 0 fully saturated rings. The van der Waals surface area contributed by atoms with Crippen LogP contribution in [0.1, 0.15) is 0 Å². The Labute approximate surface area is 48.6 Å². The molecule has 3 N–H and O–H groups in total. The molecule has 8 heavy (non-hydrogen) atoms. The van der Waals surface area contributed by atoms with Crippen molar-refractivity contribution in [3.63, 3.8) is 0 Å². The van der Waals surface area contributed by atoms with E-state index < -0.39 is 0 Å². The minimum atomic E-state index is -0.115. The monoisotopic (exact) mass is 114 g/mol. The van der Waals surface area contributed by atoms with Crippen LogP contribution in [0.2, 0.25) is 0 Å². The molecule has 3 nitrogen and oxygen atoms in total. The zero-order valence-corrected chi connectivity index (χ0v) is 4.85. The molecule has 0 bridgehead atoms. The van der Waals surface area contributed by atoms with E-state index in [0.717, 1.165) is 0 Å². The summed E-state index contributed by atoms with van der Waals surface area (Å²) in [6.45, 7) is 0.410. The minimum Gasteiger partial charge on any atom is -0.356 e. The number of nitrogens with two attached hydrogens (primary N) is 1. The van der Waals surface area contributed by atoms with Crippen LogP contribution in [0.25, 0.3) is 0 Å². The molecule has 0 aromatic rings. The number of rotatable bonds is 2. The SMILES string of the molecule is CNC(=O)/C=C/CN. The summed E-state index contributed by atoms with van der Waals surface area (Å²) in [6.07, 6.45) is 3.00. The molecule has 1 amide bonds. The molecule has 0 aliphatic rings. The van der Waals surface area contributed by atoms with Gasteiger partial charge < -0.3 is 11.1 Å². The molecular weight excluding hydrogens is 104 g/mol. The van der Waals surface area contributed by atoms with Gasteiger partial charge in [-0.25, -0.2) is 0 Å². The molecule has 0 heterocycles. The van der Waals surface area contributed by atoms with Crippen LogP contribution in [0, 0.1) is 0 Å². The molecule has 0 aromatic heterocycles. The summed E-state index contributed by atoms with van der Waals surface area (Å²) >= 11 is 0. The summed E-state index contributed by atoms with van der Waals surface area (Å²) < 4.78 is 0. The molecule has 3 heteroatoms. The fourth-order valence-electron chi connectivity index (χ4n) is 0.258. The number of amides is 1. The van der Waals surface area contributed by atoms with Gasteiger partial charge in [0.05, 0.1) is 0 Å². The number of carbonyl (C=O) groups excluding carboxylic acids is 1. The fraction of sp³-hybridized carbons (Fsp3) is 0.400. The third kappa shape index (κ3) is 3.36. The van der Waals surface area contributed by atoms with Crippen molar-refractivity contribution in [2.24, 2.45) is 5.73 Å². The van der Waals surface area contributed by atoms with E-state index in [1.807, 2.05) is 0 Å². The van der Waals surface area contributed by atoms with Gasteiger partial charge in [-0.2, -0.15) is 0 Å². The van der Waals surface area contributed by atoms with Gasteiger partial charge in [-0.05, 0) is 0 Å². The lowest BCUT2D eigenvalue weighted by Crippen LogP contribution is -2.14. The predicted octanol–water partition coefficient (Wildman–Crippen LogP) is -0.753. The van der Waals surface area contributed by atoms with E-state index in [1.165, 1.54) is 6.08 Å². The third-order valence-corrected chi connectivity index (χ3v) is 0.652. The molecule has 0 radical (unpaired) electrons. The number of likely N-dealkylation sites (N-methyl/N-ethyl adjacent to an activating group) is 1. The van der Waals surface area contributed by atoms with Crippen molar-refractivity contribution in [2.75, 3.05) is 13.6 Å². The average Bonchev–Trinajstić information content (AvgIpc) is 1.83. The lowest BCUT2D eigenvalue weighted by Gasteiger charge is -1.86. The molecule has 0 aliphatic carbocycles. The third-order valence-electron chi connectivity index (χ3n) is 0.652. The number of carbonyl (C=O) groups is 1. The Balaban J connectivity index is 3.37. The van der Waals surface area contributed by atoms with Crippen LogP contribution in [0.3, 0.4) is 0 Å². The highest BCUT2D eigenvalue weighted by atomic mass is 16.1. The maximum Gasteiger partial charge on any atom is 0.243 e. The van der Waals surface area contributed by atoms with Crippen molar-refractivity contribution in [1.29, 1.82) is 0 Å². The summed E-state index contributed by atoms with van der Waals surface area (Å²) in [5.41, 5.74) is 5.06. The standard InChI is InChI=1S/C5H10N2O/c1-7-5(8)3-2-4-6/h2-3H,4,6H2,1H3,(H,7,8)/b3-2+. The Hall–Kier alpha value is -0.830. The van der Waals surface area contributed by atoms with E-state index >= 15 is 0 Å². The smallest absolute Gasteiger partial charge is 0.243 e. The molecule has 0 rings (SSSR count). The maximum absolute atomic E-state index is 10.3. The molecule has 0 saturated carbocycles. The highest BCUT2D eigenvalue weighted by molar-refractivity contribution is 5.87. The van der Waals surface area contributed by atoms with Crippen LogP contribution in [-0.2, 0) is 4.79 Å². The zero-order chi connectivity index (χ0) is 6.41. The zero-order valence-electron chi connectivity index (χ0n) is 4.85. The summed E-state index contributed by atoms with van der Waals surface area (Å²) in [5, 5.41) is 2.42. The van der Waals surface area contributed by atoms with Crippen LogP contribution in [0.15, 0.2) is 12.2 Å². The Morgan fingerprint density at radius 3 is 2.88 bits per heavy atom. The molecule has 0 aromatic carbocycles. The van der Waals surface area contributed by atoms with E-state index in [2.05, 4.69) is 5.32 Å². The molecule has 0 aliphatic heterocycles. The van der Waals surface area contributed by atoms with E-state index in [9.17, 15) is 4.79 Å². The average molecular weight is 114 g/mol. The van der Waals surface area contributed by atoms with Crippen molar-refractivity contribution in [1.82, 2.24) is 5.32 Å². The first-order valence-corrected chi connectivity index (χ1v) is 2.39. The van der Waals surface area contributed by atoms with Gasteiger partial charge in [0, 0.05) is 19.7 Å². The van der Waals surface area contributed by atoms with Crippen LogP contribution >= 0.6 is 0 Å². The maximum atomic E-state index is 10.3. The first-order chi connectivity index (χ1) is 3.81. The van der Waals surface area contributed by atoms with Gasteiger partial charge in [0.15, 0.2) is 0 Å². The van der Waals surface area contributed by atoms with Gasteiger partial charge in [0.1, 0.15) is 0 Å². The summed E-state index contributed by atoms with van der Waals surface area (Å²) in [7, 11) is 1.57. The van der Waals surface area contributed by atoms with Crippen molar-refractivity contribution in [3.05, 3.63) is 12.2 Å². The Bertz CT molecular complexity index is 98.6. The molecule has 0 unspecified atom stereocenters. The Morgan fingerprint density at radius 1 is 1.88 bits per heavy atom. The minimum absolute atomic E-state index is 0.115. The van der Waals surface area contributed by atoms with Crippen molar-refractivity contribution < 1.29 is 4.79 Å². The second kappa shape index (κ2) is 4.33. The van der Waals surface area contributed by atoms with Crippen molar-refractivity contribution >= 4 is 5.91 Å². The van der Waals surface area contributed by atoms with Gasteiger partial charge in [0.25, 0.3) is 0 Å². The highest BCUT2D eigenvalue weighted by Crippen LogP contribution is 1.66. The van der Waals surface area contributed by atoms with Gasteiger partial charge in [-0.15, -0.1) is 0 Å².